The second-order valence-corrected chi connectivity index (χ2v) is 5.26. The van der Waals surface area contributed by atoms with Crippen LogP contribution in [0.5, 0.6) is 6.01 Å². The molecule has 0 atom stereocenters. The Hall–Kier alpha value is -2.66. The summed E-state index contributed by atoms with van der Waals surface area (Å²) < 4.78 is 5.02. The molecule has 0 radical (unpaired) electrons. The summed E-state index contributed by atoms with van der Waals surface area (Å²) >= 11 is 6.40. The predicted octanol–water partition coefficient (Wildman–Crippen LogP) is 3.84. The van der Waals surface area contributed by atoms with Crippen molar-refractivity contribution in [1.29, 1.82) is 0 Å². The van der Waals surface area contributed by atoms with Gasteiger partial charge in [-0.2, -0.15) is 4.98 Å². The maximum atomic E-state index is 6.40. The van der Waals surface area contributed by atoms with Crippen LogP contribution >= 0.6 is 11.6 Å². The van der Waals surface area contributed by atoms with E-state index in [1.807, 2.05) is 36.4 Å². The molecule has 6 heteroatoms. The van der Waals surface area contributed by atoms with Gasteiger partial charge < -0.3 is 9.72 Å². The van der Waals surface area contributed by atoms with Crippen molar-refractivity contribution in [2.75, 3.05) is 7.11 Å². The zero-order chi connectivity index (χ0) is 15.1. The highest BCUT2D eigenvalue weighted by Crippen LogP contribution is 2.31. The molecule has 0 aliphatic carbocycles. The van der Waals surface area contributed by atoms with Crippen LogP contribution in [0.15, 0.2) is 42.6 Å². The van der Waals surface area contributed by atoms with Crippen molar-refractivity contribution in [2.24, 2.45) is 0 Å². The number of aromatic amines is 1. The fraction of sp³-hybridized carbons (Fsp3) is 0.0625. The second-order valence-electron chi connectivity index (χ2n) is 4.86. The third-order valence-electron chi connectivity index (χ3n) is 3.49. The molecule has 22 heavy (non-hydrogen) atoms. The first-order valence-electron chi connectivity index (χ1n) is 6.70. The molecule has 0 saturated heterocycles. The summed E-state index contributed by atoms with van der Waals surface area (Å²) in [5.41, 5.74) is 2.11. The van der Waals surface area contributed by atoms with E-state index in [2.05, 4.69) is 19.9 Å². The fourth-order valence-corrected chi connectivity index (χ4v) is 2.68. The molecule has 2 aromatic carbocycles. The van der Waals surface area contributed by atoms with E-state index in [4.69, 9.17) is 16.3 Å². The molecular weight excluding hydrogens is 300 g/mol. The summed E-state index contributed by atoms with van der Waals surface area (Å²) in [6.45, 7) is 0. The molecule has 0 aliphatic rings. The minimum Gasteiger partial charge on any atom is -0.467 e. The topological polar surface area (TPSA) is 63.7 Å². The van der Waals surface area contributed by atoms with Crippen LogP contribution in [-0.4, -0.2) is 27.0 Å². The number of benzene rings is 2. The molecule has 1 N–H and O–H groups in total. The normalized spacial score (nSPS) is 11.2. The quantitative estimate of drug-likeness (QED) is 0.611. The van der Waals surface area contributed by atoms with Gasteiger partial charge in [-0.05, 0) is 22.9 Å². The first kappa shape index (κ1) is 13.0. The SMILES string of the molecule is COc1ncc2nc(-c3cc4ccccc4cc3Cl)[nH]c2n1. The van der Waals surface area contributed by atoms with Crippen molar-refractivity contribution >= 4 is 33.5 Å². The Morgan fingerprint density at radius 2 is 1.86 bits per heavy atom. The lowest BCUT2D eigenvalue weighted by atomic mass is 10.1. The van der Waals surface area contributed by atoms with Gasteiger partial charge in [0.15, 0.2) is 5.65 Å². The van der Waals surface area contributed by atoms with Crippen LogP contribution < -0.4 is 4.74 Å². The maximum absolute atomic E-state index is 6.40. The number of imidazole rings is 1. The number of nitrogens with zero attached hydrogens (tertiary/aromatic N) is 3. The average molecular weight is 311 g/mol. The highest BCUT2D eigenvalue weighted by Gasteiger charge is 2.12. The number of methoxy groups -OCH3 is 1. The predicted molar refractivity (Wildman–Crippen MR) is 86.2 cm³/mol. The van der Waals surface area contributed by atoms with Gasteiger partial charge in [-0.15, -0.1) is 0 Å². The van der Waals surface area contributed by atoms with Crippen LogP contribution in [0.25, 0.3) is 33.3 Å². The van der Waals surface area contributed by atoms with Gasteiger partial charge in [0.2, 0.25) is 0 Å². The summed E-state index contributed by atoms with van der Waals surface area (Å²) in [6.07, 6.45) is 1.62. The monoisotopic (exact) mass is 310 g/mol. The summed E-state index contributed by atoms with van der Waals surface area (Å²) in [4.78, 5) is 16.0. The minimum absolute atomic E-state index is 0.298. The van der Waals surface area contributed by atoms with Gasteiger partial charge in [0, 0.05) is 5.56 Å². The number of rotatable bonds is 2. The lowest BCUT2D eigenvalue weighted by Gasteiger charge is -2.04. The number of fused-ring (bicyclic) bond motifs is 2. The van der Waals surface area contributed by atoms with E-state index in [1.54, 1.807) is 6.20 Å². The molecule has 2 aromatic heterocycles. The molecule has 2 heterocycles. The van der Waals surface area contributed by atoms with E-state index >= 15 is 0 Å². The Bertz CT molecular complexity index is 996. The van der Waals surface area contributed by atoms with E-state index < -0.39 is 0 Å². The van der Waals surface area contributed by atoms with Gasteiger partial charge in [-0.3, -0.25) is 0 Å². The van der Waals surface area contributed by atoms with Crippen LogP contribution in [0.1, 0.15) is 0 Å². The highest BCUT2D eigenvalue weighted by atomic mass is 35.5. The largest absolute Gasteiger partial charge is 0.467 e. The number of H-pyrrole nitrogens is 1. The van der Waals surface area contributed by atoms with Crippen molar-refractivity contribution in [1.82, 2.24) is 19.9 Å². The molecular formula is C16H11ClN4O. The third kappa shape index (κ3) is 2.07. The molecule has 0 spiro atoms. The van der Waals surface area contributed by atoms with Crippen molar-refractivity contribution in [3.63, 3.8) is 0 Å². The van der Waals surface area contributed by atoms with E-state index in [9.17, 15) is 0 Å². The van der Waals surface area contributed by atoms with Gasteiger partial charge in [0.1, 0.15) is 11.3 Å². The molecule has 4 aromatic rings. The number of hydrogen-bond donors (Lipinski definition) is 1. The third-order valence-corrected chi connectivity index (χ3v) is 3.80. The Labute approximate surface area is 131 Å². The number of aromatic nitrogens is 4. The molecule has 0 saturated carbocycles. The Morgan fingerprint density at radius 3 is 2.64 bits per heavy atom. The van der Waals surface area contributed by atoms with Crippen molar-refractivity contribution in [3.8, 4) is 17.4 Å². The number of nitrogens with one attached hydrogen (secondary N) is 1. The van der Waals surface area contributed by atoms with Gasteiger partial charge in [-0.25, -0.2) is 9.97 Å². The smallest absolute Gasteiger partial charge is 0.318 e. The van der Waals surface area contributed by atoms with Crippen LogP contribution in [0, 0.1) is 0 Å². The van der Waals surface area contributed by atoms with Gasteiger partial charge >= 0.3 is 6.01 Å². The maximum Gasteiger partial charge on any atom is 0.318 e. The van der Waals surface area contributed by atoms with Crippen LogP contribution in [-0.2, 0) is 0 Å². The molecule has 4 rings (SSSR count). The van der Waals surface area contributed by atoms with Crippen molar-refractivity contribution < 1.29 is 4.74 Å². The fourth-order valence-electron chi connectivity index (χ4n) is 2.41. The molecule has 108 valence electrons. The van der Waals surface area contributed by atoms with Crippen molar-refractivity contribution in [3.05, 3.63) is 47.6 Å². The Morgan fingerprint density at radius 1 is 1.09 bits per heavy atom. The van der Waals surface area contributed by atoms with Gasteiger partial charge in [0.05, 0.1) is 18.3 Å². The van der Waals surface area contributed by atoms with E-state index in [0.29, 0.717) is 28.0 Å². The summed E-state index contributed by atoms with van der Waals surface area (Å²) in [5, 5.41) is 2.83. The summed E-state index contributed by atoms with van der Waals surface area (Å²) in [7, 11) is 1.53. The zero-order valence-corrected chi connectivity index (χ0v) is 12.4. The van der Waals surface area contributed by atoms with Crippen LogP contribution in [0.3, 0.4) is 0 Å². The van der Waals surface area contributed by atoms with E-state index in [0.717, 1.165) is 16.3 Å². The molecule has 0 bridgehead atoms. The van der Waals surface area contributed by atoms with Crippen LogP contribution in [0.2, 0.25) is 5.02 Å². The number of ether oxygens (including phenoxy) is 1. The number of halogens is 1. The van der Waals surface area contributed by atoms with Gasteiger partial charge in [-0.1, -0.05) is 35.9 Å². The standard InChI is InChI=1S/C16H11ClN4O/c1-22-16-18-8-13-15(21-16)20-14(19-13)11-6-9-4-2-3-5-10(9)7-12(11)17/h2-8H,1H3,(H,18,19,20,21). The first-order chi connectivity index (χ1) is 10.7. The second kappa shape index (κ2) is 4.96. The Balaban J connectivity index is 1.92. The molecule has 5 nitrogen and oxygen atoms in total. The molecule has 0 fully saturated rings. The zero-order valence-electron chi connectivity index (χ0n) is 11.7. The van der Waals surface area contributed by atoms with E-state index in [-0.39, 0.29) is 0 Å². The van der Waals surface area contributed by atoms with E-state index in [1.165, 1.54) is 7.11 Å². The average Bonchev–Trinajstić information content (AvgIpc) is 2.96. The van der Waals surface area contributed by atoms with Crippen LogP contribution in [0.4, 0.5) is 0 Å². The molecule has 0 amide bonds. The summed E-state index contributed by atoms with van der Waals surface area (Å²) in [5.74, 6) is 0.660. The minimum atomic E-state index is 0.298. The number of hydrogen-bond acceptors (Lipinski definition) is 4. The first-order valence-corrected chi connectivity index (χ1v) is 7.08. The summed E-state index contributed by atoms with van der Waals surface area (Å²) in [6, 6.07) is 12.3. The highest BCUT2D eigenvalue weighted by molar-refractivity contribution is 6.34. The molecule has 0 unspecified atom stereocenters. The Kier molecular flexibility index (Phi) is 2.94. The van der Waals surface area contributed by atoms with Gasteiger partial charge in [0.25, 0.3) is 0 Å². The lowest BCUT2D eigenvalue weighted by Crippen LogP contribution is -1.90. The van der Waals surface area contributed by atoms with Crippen molar-refractivity contribution in [2.45, 2.75) is 0 Å². The lowest BCUT2D eigenvalue weighted by molar-refractivity contribution is 0.381. The molecule has 0 aliphatic heterocycles.